The summed E-state index contributed by atoms with van der Waals surface area (Å²) in [4.78, 5) is 2.29. The van der Waals surface area contributed by atoms with Crippen LogP contribution < -0.4 is 4.72 Å². The van der Waals surface area contributed by atoms with Gasteiger partial charge in [-0.25, -0.2) is 13.1 Å². The predicted molar refractivity (Wildman–Crippen MR) is 94.2 cm³/mol. The van der Waals surface area contributed by atoms with Gasteiger partial charge in [0.25, 0.3) is 0 Å². The van der Waals surface area contributed by atoms with Gasteiger partial charge in [0.05, 0.1) is 4.90 Å². The van der Waals surface area contributed by atoms with Crippen LogP contribution in [0.2, 0.25) is 5.02 Å². The molecule has 124 valence electrons. The molecule has 2 aromatic carbocycles. The van der Waals surface area contributed by atoms with Gasteiger partial charge in [-0.3, -0.25) is 0 Å². The molecule has 0 aliphatic rings. The lowest BCUT2D eigenvalue weighted by molar-refractivity contribution is 0.299. The minimum absolute atomic E-state index is 0.0777. The second-order valence-electron chi connectivity index (χ2n) is 5.65. The van der Waals surface area contributed by atoms with Crippen molar-refractivity contribution < 1.29 is 8.42 Å². The minimum Gasteiger partial charge on any atom is -0.301 e. The average Bonchev–Trinajstić information content (AvgIpc) is 2.49. The summed E-state index contributed by atoms with van der Waals surface area (Å²) in [5.74, 6) is 0. The Bertz CT molecular complexity index is 758. The van der Waals surface area contributed by atoms with Crippen LogP contribution in [0.15, 0.2) is 53.4 Å². The SMILES string of the molecule is Cc1ccccc1S(=O)(=O)NCC(c1ccc(Cl)cc1)N(C)C. The van der Waals surface area contributed by atoms with Crippen LogP contribution in [-0.2, 0) is 10.0 Å². The predicted octanol–water partition coefficient (Wildman–Crippen LogP) is 3.23. The number of hydrogen-bond acceptors (Lipinski definition) is 3. The fourth-order valence-corrected chi connectivity index (χ4v) is 3.82. The van der Waals surface area contributed by atoms with Crippen LogP contribution in [0.4, 0.5) is 0 Å². The van der Waals surface area contributed by atoms with Gasteiger partial charge in [0, 0.05) is 17.6 Å². The number of likely N-dealkylation sites (N-methyl/N-ethyl adjacent to an activating group) is 1. The zero-order valence-corrected chi connectivity index (χ0v) is 15.0. The molecule has 0 aromatic heterocycles. The molecule has 0 fully saturated rings. The van der Waals surface area contributed by atoms with Crippen molar-refractivity contribution >= 4 is 21.6 Å². The molecule has 0 saturated carbocycles. The van der Waals surface area contributed by atoms with Gasteiger partial charge in [-0.05, 0) is 50.3 Å². The summed E-state index contributed by atoms with van der Waals surface area (Å²) in [6.07, 6.45) is 0. The quantitative estimate of drug-likeness (QED) is 0.868. The largest absolute Gasteiger partial charge is 0.301 e. The van der Waals surface area contributed by atoms with Gasteiger partial charge in [-0.1, -0.05) is 41.9 Å². The maximum atomic E-state index is 12.5. The topological polar surface area (TPSA) is 49.4 Å². The molecule has 1 N–H and O–H groups in total. The number of aryl methyl sites for hydroxylation is 1. The molecule has 6 heteroatoms. The molecule has 0 bridgehead atoms. The summed E-state index contributed by atoms with van der Waals surface area (Å²) < 4.78 is 27.7. The van der Waals surface area contributed by atoms with Crippen LogP contribution in [0, 0.1) is 6.92 Å². The number of hydrogen-bond donors (Lipinski definition) is 1. The number of benzene rings is 2. The number of rotatable bonds is 6. The number of nitrogens with one attached hydrogen (secondary N) is 1. The summed E-state index contributed by atoms with van der Waals surface area (Å²) in [5, 5.41) is 0.659. The first-order valence-corrected chi connectivity index (χ1v) is 9.14. The van der Waals surface area contributed by atoms with Crippen molar-refractivity contribution in [2.24, 2.45) is 0 Å². The van der Waals surface area contributed by atoms with Crippen molar-refractivity contribution in [1.82, 2.24) is 9.62 Å². The summed E-state index contributed by atoms with van der Waals surface area (Å²) in [5.41, 5.74) is 1.74. The van der Waals surface area contributed by atoms with Crippen LogP contribution in [0.5, 0.6) is 0 Å². The molecule has 1 unspecified atom stereocenters. The third kappa shape index (κ3) is 4.54. The highest BCUT2D eigenvalue weighted by Crippen LogP contribution is 2.21. The van der Waals surface area contributed by atoms with E-state index in [9.17, 15) is 8.42 Å². The van der Waals surface area contributed by atoms with E-state index in [4.69, 9.17) is 11.6 Å². The van der Waals surface area contributed by atoms with Crippen molar-refractivity contribution in [3.63, 3.8) is 0 Å². The van der Waals surface area contributed by atoms with E-state index in [1.54, 1.807) is 25.1 Å². The summed E-state index contributed by atoms with van der Waals surface area (Å²) in [6.45, 7) is 2.07. The first kappa shape index (κ1) is 17.9. The van der Waals surface area contributed by atoms with Gasteiger partial charge in [-0.15, -0.1) is 0 Å². The first-order valence-electron chi connectivity index (χ1n) is 7.28. The van der Waals surface area contributed by atoms with E-state index in [0.717, 1.165) is 11.1 Å². The maximum Gasteiger partial charge on any atom is 0.240 e. The molecule has 0 aliphatic carbocycles. The highest BCUT2D eigenvalue weighted by molar-refractivity contribution is 7.89. The van der Waals surface area contributed by atoms with Crippen molar-refractivity contribution in [2.45, 2.75) is 17.9 Å². The van der Waals surface area contributed by atoms with Gasteiger partial charge in [0.15, 0.2) is 0 Å². The molecule has 0 spiro atoms. The maximum absolute atomic E-state index is 12.5. The Kier molecular flexibility index (Phi) is 5.81. The summed E-state index contributed by atoms with van der Waals surface area (Å²) >= 11 is 5.92. The molecule has 23 heavy (non-hydrogen) atoms. The lowest BCUT2D eigenvalue weighted by Gasteiger charge is -2.25. The van der Waals surface area contributed by atoms with Crippen LogP contribution in [0.25, 0.3) is 0 Å². The van der Waals surface area contributed by atoms with Gasteiger partial charge in [-0.2, -0.15) is 0 Å². The molecular formula is C17H21ClN2O2S. The lowest BCUT2D eigenvalue weighted by atomic mass is 10.1. The Balaban J connectivity index is 2.19. The Morgan fingerprint density at radius 3 is 2.26 bits per heavy atom. The third-order valence-electron chi connectivity index (χ3n) is 3.73. The van der Waals surface area contributed by atoms with E-state index in [0.29, 0.717) is 9.92 Å². The van der Waals surface area contributed by atoms with Crippen LogP contribution in [0.1, 0.15) is 17.2 Å². The molecule has 0 aliphatic heterocycles. The highest BCUT2D eigenvalue weighted by Gasteiger charge is 2.20. The van der Waals surface area contributed by atoms with Crippen LogP contribution >= 0.6 is 11.6 Å². The molecule has 2 rings (SSSR count). The van der Waals surface area contributed by atoms with Crippen molar-refractivity contribution in [3.05, 3.63) is 64.7 Å². The Morgan fingerprint density at radius 2 is 1.70 bits per heavy atom. The van der Waals surface area contributed by atoms with Crippen molar-refractivity contribution in [2.75, 3.05) is 20.6 Å². The molecule has 0 radical (unpaired) electrons. The first-order chi connectivity index (χ1) is 10.8. The summed E-state index contributed by atoms with van der Waals surface area (Å²) in [7, 11) is 0.298. The average molecular weight is 353 g/mol. The zero-order chi connectivity index (χ0) is 17.0. The van der Waals surface area contributed by atoms with Crippen LogP contribution in [-0.4, -0.2) is 34.0 Å². The Hall–Kier alpha value is -1.40. The van der Waals surface area contributed by atoms with E-state index >= 15 is 0 Å². The van der Waals surface area contributed by atoms with E-state index in [-0.39, 0.29) is 12.6 Å². The van der Waals surface area contributed by atoms with E-state index in [2.05, 4.69) is 4.72 Å². The molecule has 0 saturated heterocycles. The fourth-order valence-electron chi connectivity index (χ4n) is 2.41. The van der Waals surface area contributed by atoms with Crippen molar-refractivity contribution in [1.29, 1.82) is 0 Å². The number of sulfonamides is 1. The van der Waals surface area contributed by atoms with Gasteiger partial charge in [0.1, 0.15) is 0 Å². The smallest absolute Gasteiger partial charge is 0.240 e. The third-order valence-corrected chi connectivity index (χ3v) is 5.56. The molecule has 4 nitrogen and oxygen atoms in total. The molecule has 0 heterocycles. The number of nitrogens with zero attached hydrogens (tertiary/aromatic N) is 1. The standard InChI is InChI=1S/C17H21ClN2O2S/c1-13-6-4-5-7-17(13)23(21,22)19-12-16(20(2)3)14-8-10-15(18)11-9-14/h4-11,16,19H,12H2,1-3H3. The second kappa shape index (κ2) is 7.45. The normalized spacial score (nSPS) is 13.3. The van der Waals surface area contributed by atoms with E-state index in [1.165, 1.54) is 0 Å². The summed E-state index contributed by atoms with van der Waals surface area (Å²) in [6, 6.07) is 14.3. The molecule has 0 amide bonds. The van der Waals surface area contributed by atoms with E-state index in [1.807, 2.05) is 49.3 Å². The monoisotopic (exact) mass is 352 g/mol. The molecule has 1 atom stereocenters. The second-order valence-corrected chi connectivity index (χ2v) is 7.82. The molecular weight excluding hydrogens is 332 g/mol. The van der Waals surface area contributed by atoms with Gasteiger partial charge < -0.3 is 4.90 Å². The lowest BCUT2D eigenvalue weighted by Crippen LogP contribution is -2.34. The van der Waals surface area contributed by atoms with Crippen molar-refractivity contribution in [3.8, 4) is 0 Å². The van der Waals surface area contributed by atoms with Crippen LogP contribution in [0.3, 0.4) is 0 Å². The number of halogens is 1. The fraction of sp³-hybridized carbons (Fsp3) is 0.294. The van der Waals surface area contributed by atoms with Gasteiger partial charge in [0.2, 0.25) is 10.0 Å². The highest BCUT2D eigenvalue weighted by atomic mass is 35.5. The Morgan fingerprint density at radius 1 is 1.09 bits per heavy atom. The molecule has 2 aromatic rings. The Labute approximate surface area is 143 Å². The van der Waals surface area contributed by atoms with Gasteiger partial charge >= 0.3 is 0 Å². The minimum atomic E-state index is -3.54. The van der Waals surface area contributed by atoms with E-state index < -0.39 is 10.0 Å². The zero-order valence-electron chi connectivity index (χ0n) is 13.5.